The van der Waals surface area contributed by atoms with Crippen molar-refractivity contribution in [2.45, 2.75) is 52.1 Å². The topological polar surface area (TPSA) is 71.0 Å². The molecule has 1 unspecified atom stereocenters. The zero-order valence-corrected chi connectivity index (χ0v) is 24.3. The van der Waals surface area contributed by atoms with Crippen LogP contribution in [0.4, 0.5) is 0 Å². The largest absolute Gasteiger partial charge is 0.508 e. The number of nitrogens with zero attached hydrogens (tertiary/aromatic N) is 1. The number of carbonyl (C=O) groups is 1. The molecular formula is C35H42N2O4. The third kappa shape index (κ3) is 7.31. The van der Waals surface area contributed by atoms with Crippen molar-refractivity contribution in [2.24, 2.45) is 11.8 Å². The maximum absolute atomic E-state index is 13.1. The highest BCUT2D eigenvalue weighted by Crippen LogP contribution is 2.39. The molecule has 3 aromatic rings. The van der Waals surface area contributed by atoms with Crippen LogP contribution in [-0.2, 0) is 19.5 Å². The van der Waals surface area contributed by atoms with E-state index in [1.54, 1.807) is 19.2 Å². The first kappa shape index (κ1) is 28.7. The number of piperidine rings is 1. The van der Waals surface area contributed by atoms with Gasteiger partial charge in [0.2, 0.25) is 0 Å². The third-order valence-corrected chi connectivity index (χ3v) is 8.33. The van der Waals surface area contributed by atoms with Crippen molar-refractivity contribution >= 4 is 11.9 Å². The number of benzene rings is 3. The molecule has 6 heteroatoms. The van der Waals surface area contributed by atoms with Crippen LogP contribution in [0, 0.1) is 11.8 Å². The summed E-state index contributed by atoms with van der Waals surface area (Å²) < 4.78 is 11.3. The molecule has 0 saturated carbocycles. The summed E-state index contributed by atoms with van der Waals surface area (Å²) in [5.41, 5.74) is 5.67. The quantitative estimate of drug-likeness (QED) is 0.327. The predicted molar refractivity (Wildman–Crippen MR) is 163 cm³/mol. The van der Waals surface area contributed by atoms with Crippen molar-refractivity contribution in [3.8, 4) is 17.2 Å². The fourth-order valence-corrected chi connectivity index (χ4v) is 6.09. The number of ether oxygens (including phenoxy) is 2. The zero-order chi connectivity index (χ0) is 28.6. The van der Waals surface area contributed by atoms with Crippen LogP contribution in [0.1, 0.15) is 65.2 Å². The highest BCUT2D eigenvalue weighted by molar-refractivity contribution is 6.02. The molecule has 6 nitrogen and oxygen atoms in total. The summed E-state index contributed by atoms with van der Waals surface area (Å²) in [6.45, 7) is 6.83. The van der Waals surface area contributed by atoms with E-state index in [1.807, 2.05) is 30.5 Å². The molecule has 1 atom stereocenters. The highest BCUT2D eigenvalue weighted by atomic mass is 16.5. The number of aromatic hydroxyl groups is 1. The fraction of sp³-hybridized carbons (Fsp3) is 0.400. The molecule has 6 rings (SSSR count). The summed E-state index contributed by atoms with van der Waals surface area (Å²) >= 11 is 0. The van der Waals surface area contributed by atoms with E-state index in [2.05, 4.69) is 47.5 Å². The smallest absolute Gasteiger partial charge is 0.166 e. The number of nitrogens with one attached hydrogen (secondary N) is 1. The Labute approximate surface area is 244 Å². The van der Waals surface area contributed by atoms with Gasteiger partial charge < -0.3 is 19.9 Å². The average Bonchev–Trinajstić information content (AvgIpc) is 3.30. The Morgan fingerprint density at radius 1 is 1.00 bits per heavy atom. The lowest BCUT2D eigenvalue weighted by Gasteiger charge is -2.32. The summed E-state index contributed by atoms with van der Waals surface area (Å²) in [7, 11) is 1.66. The number of rotatable bonds is 8. The predicted octanol–water partition coefficient (Wildman–Crippen LogP) is 6.61. The zero-order valence-electron chi connectivity index (χ0n) is 24.3. The lowest BCUT2D eigenvalue weighted by atomic mass is 9.85. The Kier molecular flexibility index (Phi) is 9.63. The molecule has 0 radical (unpaired) electrons. The summed E-state index contributed by atoms with van der Waals surface area (Å²) in [5, 5.41) is 12.2. The van der Waals surface area contributed by atoms with Crippen LogP contribution in [0.3, 0.4) is 0 Å². The second kappa shape index (κ2) is 13.7. The van der Waals surface area contributed by atoms with Gasteiger partial charge in [-0.05, 0) is 110 Å². The standard InChI is InChI=1S/C26H33NO3.C9H9NO/c1-3-13-30-25-17-23-21(16-24(25)29-2)15-22(26(23)28)14-19-9-11-27(12-10-19)18-20-7-5-4-6-8-20;11-9-2-1-8-6-10-4-3-7(8)5-9/h4-8,16-17,19,22H,3,9-15,18H2,1-2H3;1-5,10-11H,6H2. The van der Waals surface area contributed by atoms with Gasteiger partial charge in [-0.25, -0.2) is 0 Å². The molecule has 0 spiro atoms. The van der Waals surface area contributed by atoms with Crippen molar-refractivity contribution in [3.05, 3.63) is 94.7 Å². The van der Waals surface area contributed by atoms with Crippen LogP contribution in [0.5, 0.6) is 17.2 Å². The number of likely N-dealkylation sites (tertiary alicyclic amines) is 1. The van der Waals surface area contributed by atoms with Crippen LogP contribution in [0.25, 0.3) is 6.08 Å². The molecule has 3 aliphatic rings. The number of hydrogen-bond donors (Lipinski definition) is 2. The monoisotopic (exact) mass is 554 g/mol. The molecule has 0 bridgehead atoms. The Morgan fingerprint density at radius 2 is 1.80 bits per heavy atom. The number of methoxy groups -OCH3 is 1. The average molecular weight is 555 g/mol. The summed E-state index contributed by atoms with van der Waals surface area (Å²) in [6, 6.07) is 20.0. The van der Waals surface area contributed by atoms with E-state index in [9.17, 15) is 4.79 Å². The van der Waals surface area contributed by atoms with E-state index >= 15 is 0 Å². The number of ketones is 1. The van der Waals surface area contributed by atoms with E-state index in [-0.39, 0.29) is 5.92 Å². The van der Waals surface area contributed by atoms with Gasteiger partial charge in [0.25, 0.3) is 0 Å². The first-order valence-corrected chi connectivity index (χ1v) is 14.9. The van der Waals surface area contributed by atoms with Crippen LogP contribution in [-0.4, -0.2) is 42.6 Å². The van der Waals surface area contributed by atoms with Gasteiger partial charge in [-0.15, -0.1) is 0 Å². The van der Waals surface area contributed by atoms with Gasteiger partial charge in [-0.2, -0.15) is 0 Å². The molecular weight excluding hydrogens is 512 g/mol. The molecule has 1 aliphatic carbocycles. The number of fused-ring (bicyclic) bond motifs is 2. The van der Waals surface area contributed by atoms with Gasteiger partial charge in [0, 0.05) is 24.6 Å². The van der Waals surface area contributed by atoms with Gasteiger partial charge in [0.1, 0.15) is 5.75 Å². The second-order valence-corrected chi connectivity index (χ2v) is 11.3. The Balaban J connectivity index is 0.000000255. The van der Waals surface area contributed by atoms with Crippen molar-refractivity contribution in [2.75, 3.05) is 26.8 Å². The first-order chi connectivity index (χ1) is 20.0. The molecule has 2 N–H and O–H groups in total. The summed E-state index contributed by atoms with van der Waals surface area (Å²) in [5.74, 6) is 2.80. The normalized spacial score (nSPS) is 18.1. The SMILES string of the molecule is CCCOc1cc2c(cc1OC)CC(CC1CCN(Cc3ccccc3)CC1)C2=O.Oc1ccc2c(c1)C=CNC2. The maximum atomic E-state index is 13.1. The summed E-state index contributed by atoms with van der Waals surface area (Å²) in [4.78, 5) is 15.6. The van der Waals surface area contributed by atoms with Crippen molar-refractivity contribution in [3.63, 3.8) is 0 Å². The Bertz CT molecular complexity index is 1350. The third-order valence-electron chi connectivity index (χ3n) is 8.33. The molecule has 2 aliphatic heterocycles. The molecule has 41 heavy (non-hydrogen) atoms. The van der Waals surface area contributed by atoms with Gasteiger partial charge in [-0.3, -0.25) is 9.69 Å². The van der Waals surface area contributed by atoms with Gasteiger partial charge in [-0.1, -0.05) is 43.3 Å². The minimum absolute atomic E-state index is 0.108. The number of phenolic OH excluding ortho intramolecular Hbond substituents is 1. The number of carbonyl (C=O) groups excluding carboxylic acids is 1. The van der Waals surface area contributed by atoms with E-state index in [4.69, 9.17) is 14.6 Å². The van der Waals surface area contributed by atoms with Gasteiger partial charge in [0.15, 0.2) is 17.3 Å². The molecule has 1 fully saturated rings. The second-order valence-electron chi connectivity index (χ2n) is 11.3. The van der Waals surface area contributed by atoms with Crippen LogP contribution in [0.2, 0.25) is 0 Å². The number of hydrogen-bond acceptors (Lipinski definition) is 6. The minimum atomic E-state index is 0.108. The van der Waals surface area contributed by atoms with Crippen molar-refractivity contribution < 1.29 is 19.4 Å². The first-order valence-electron chi connectivity index (χ1n) is 14.9. The van der Waals surface area contributed by atoms with E-state index < -0.39 is 0 Å². The lowest BCUT2D eigenvalue weighted by Crippen LogP contribution is -2.34. The minimum Gasteiger partial charge on any atom is -0.508 e. The summed E-state index contributed by atoms with van der Waals surface area (Å²) in [6.07, 6.45) is 8.98. The van der Waals surface area contributed by atoms with Crippen LogP contribution < -0.4 is 14.8 Å². The molecule has 0 amide bonds. The van der Waals surface area contributed by atoms with E-state index in [1.165, 1.54) is 24.0 Å². The van der Waals surface area contributed by atoms with Crippen LogP contribution in [0.15, 0.2) is 66.9 Å². The maximum Gasteiger partial charge on any atom is 0.166 e. The molecule has 3 aromatic carbocycles. The van der Waals surface area contributed by atoms with Crippen molar-refractivity contribution in [1.29, 1.82) is 0 Å². The highest BCUT2D eigenvalue weighted by Gasteiger charge is 2.34. The number of Topliss-reactive ketones (excluding diaryl/α,β-unsaturated/α-hetero) is 1. The Hall–Kier alpha value is -3.77. The van der Waals surface area contributed by atoms with Gasteiger partial charge >= 0.3 is 0 Å². The molecule has 0 aromatic heterocycles. The lowest BCUT2D eigenvalue weighted by molar-refractivity contribution is 0.0895. The molecule has 216 valence electrons. The Morgan fingerprint density at radius 3 is 2.56 bits per heavy atom. The fourth-order valence-electron chi connectivity index (χ4n) is 6.09. The van der Waals surface area contributed by atoms with E-state index in [0.29, 0.717) is 29.8 Å². The van der Waals surface area contributed by atoms with E-state index in [0.717, 1.165) is 67.9 Å². The van der Waals surface area contributed by atoms with Gasteiger partial charge in [0.05, 0.1) is 13.7 Å². The van der Waals surface area contributed by atoms with Crippen LogP contribution >= 0.6 is 0 Å². The molecule has 2 heterocycles. The van der Waals surface area contributed by atoms with Crippen molar-refractivity contribution in [1.82, 2.24) is 10.2 Å². The molecule has 1 saturated heterocycles. The number of phenols is 1.